The van der Waals surface area contributed by atoms with Crippen LogP contribution in [0, 0.1) is 6.92 Å². The first-order valence-corrected chi connectivity index (χ1v) is 12.3. The molecule has 6 heteroatoms. The summed E-state index contributed by atoms with van der Waals surface area (Å²) in [5.41, 5.74) is 3.27. The third kappa shape index (κ3) is 7.88. The van der Waals surface area contributed by atoms with Crippen LogP contribution < -0.4 is 10.1 Å². The molecule has 0 aliphatic carbocycles. The number of hydrogen-bond acceptors (Lipinski definition) is 3. The average Bonchev–Trinajstić information content (AvgIpc) is 2.75. The zero-order valence-corrected chi connectivity index (χ0v) is 22.5. The Morgan fingerprint density at radius 1 is 1.12 bits per heavy atom. The Labute approximate surface area is 207 Å². The topological polar surface area (TPSA) is 58.6 Å². The van der Waals surface area contributed by atoms with Crippen molar-refractivity contribution in [3.05, 3.63) is 63.6 Å². The van der Waals surface area contributed by atoms with Crippen LogP contribution >= 0.6 is 15.9 Å². The molecule has 2 aromatic carbocycles. The molecule has 0 radical (unpaired) electrons. The number of halogens is 1. The van der Waals surface area contributed by atoms with Crippen LogP contribution in [0.4, 0.5) is 0 Å². The minimum Gasteiger partial charge on any atom is -0.483 e. The molecule has 0 unspecified atom stereocenters. The molecule has 0 spiro atoms. The van der Waals surface area contributed by atoms with Crippen LogP contribution in [0.15, 0.2) is 46.9 Å². The van der Waals surface area contributed by atoms with Crippen molar-refractivity contribution < 1.29 is 14.3 Å². The number of nitrogens with one attached hydrogen (secondary N) is 1. The van der Waals surface area contributed by atoms with E-state index in [4.69, 9.17) is 4.74 Å². The SMILES string of the molecule is CC[C@H](C)NC(=O)[C@@H](C)N(Cc1cccc(C)c1)C(=O)COc1ccc(C(C)(C)C)cc1Br. The van der Waals surface area contributed by atoms with Crippen LogP contribution in [0.2, 0.25) is 0 Å². The molecule has 0 aliphatic heterocycles. The summed E-state index contributed by atoms with van der Waals surface area (Å²) in [6.45, 7) is 14.4. The zero-order chi connectivity index (χ0) is 24.8. The molecule has 0 aliphatic rings. The van der Waals surface area contributed by atoms with Gasteiger partial charge >= 0.3 is 0 Å². The second-order valence-electron chi connectivity index (χ2n) is 9.69. The Kier molecular flexibility index (Phi) is 9.53. The van der Waals surface area contributed by atoms with Gasteiger partial charge in [0.1, 0.15) is 11.8 Å². The molecule has 0 saturated carbocycles. The minimum atomic E-state index is -0.623. The van der Waals surface area contributed by atoms with Gasteiger partial charge in [0, 0.05) is 12.6 Å². The largest absolute Gasteiger partial charge is 0.483 e. The van der Waals surface area contributed by atoms with Crippen molar-refractivity contribution >= 4 is 27.7 Å². The highest BCUT2D eigenvalue weighted by Crippen LogP contribution is 2.31. The molecule has 1 N–H and O–H groups in total. The maximum atomic E-state index is 13.3. The van der Waals surface area contributed by atoms with E-state index in [0.29, 0.717) is 12.3 Å². The van der Waals surface area contributed by atoms with Crippen molar-refractivity contribution in [3.63, 3.8) is 0 Å². The number of rotatable bonds is 9. The molecule has 0 saturated heterocycles. The second kappa shape index (κ2) is 11.7. The highest BCUT2D eigenvalue weighted by Gasteiger charge is 2.27. The van der Waals surface area contributed by atoms with E-state index in [1.54, 1.807) is 11.8 Å². The van der Waals surface area contributed by atoms with E-state index in [2.05, 4.69) is 42.0 Å². The lowest BCUT2D eigenvalue weighted by Gasteiger charge is -2.30. The lowest BCUT2D eigenvalue weighted by Crippen LogP contribution is -2.50. The fraction of sp³-hybridized carbons (Fsp3) is 0.481. The number of hydrogen-bond donors (Lipinski definition) is 1. The fourth-order valence-electron chi connectivity index (χ4n) is 3.36. The van der Waals surface area contributed by atoms with Gasteiger partial charge in [0.2, 0.25) is 5.91 Å². The van der Waals surface area contributed by atoms with Crippen molar-refractivity contribution in [2.45, 2.75) is 78.9 Å². The number of benzene rings is 2. The second-order valence-corrected chi connectivity index (χ2v) is 10.5. The molecule has 2 amide bonds. The number of amides is 2. The van der Waals surface area contributed by atoms with Gasteiger partial charge in [0.05, 0.1) is 4.47 Å². The summed E-state index contributed by atoms with van der Waals surface area (Å²) in [6, 6.07) is 13.3. The molecule has 180 valence electrons. The van der Waals surface area contributed by atoms with Crippen molar-refractivity contribution in [2.75, 3.05) is 6.61 Å². The Morgan fingerprint density at radius 2 is 1.82 bits per heavy atom. The number of ether oxygens (including phenoxy) is 1. The smallest absolute Gasteiger partial charge is 0.261 e. The van der Waals surface area contributed by atoms with Gasteiger partial charge in [-0.3, -0.25) is 9.59 Å². The van der Waals surface area contributed by atoms with Gasteiger partial charge in [-0.05, 0) is 71.8 Å². The standard InChI is InChI=1S/C27H37BrN2O3/c1-8-19(3)29-26(32)20(4)30(16-21-11-9-10-18(2)14-21)25(31)17-33-24-13-12-22(15-23(24)28)27(5,6)7/h9-15,19-20H,8,16-17H2,1-7H3,(H,29,32)/t19-,20+/m0/s1. The van der Waals surface area contributed by atoms with Crippen LogP contribution in [0.5, 0.6) is 5.75 Å². The van der Waals surface area contributed by atoms with E-state index < -0.39 is 6.04 Å². The molecular formula is C27H37BrN2O3. The fourth-order valence-corrected chi connectivity index (χ4v) is 3.86. The molecule has 0 heterocycles. The Bertz CT molecular complexity index is 968. The Morgan fingerprint density at radius 3 is 2.39 bits per heavy atom. The number of carbonyl (C=O) groups is 2. The van der Waals surface area contributed by atoms with Crippen molar-refractivity contribution in [1.82, 2.24) is 10.2 Å². The first kappa shape index (κ1) is 26.9. The molecular weight excluding hydrogens is 480 g/mol. The minimum absolute atomic E-state index is 0.0138. The normalized spacial score (nSPS) is 13.2. The van der Waals surface area contributed by atoms with Gasteiger partial charge in [-0.2, -0.15) is 0 Å². The highest BCUT2D eigenvalue weighted by molar-refractivity contribution is 9.10. The molecule has 5 nitrogen and oxygen atoms in total. The van der Waals surface area contributed by atoms with Crippen LogP contribution in [-0.4, -0.2) is 35.4 Å². The van der Waals surface area contributed by atoms with Gasteiger partial charge < -0.3 is 15.0 Å². The summed E-state index contributed by atoms with van der Waals surface area (Å²) in [5.74, 6) is 0.194. The third-order valence-corrected chi connectivity index (χ3v) is 6.37. The van der Waals surface area contributed by atoms with Gasteiger partial charge in [0.25, 0.3) is 5.91 Å². The first-order valence-electron chi connectivity index (χ1n) is 11.5. The Hall–Kier alpha value is -2.34. The Balaban J connectivity index is 2.19. The van der Waals surface area contributed by atoms with Crippen molar-refractivity contribution in [2.24, 2.45) is 0 Å². The van der Waals surface area contributed by atoms with Gasteiger partial charge in [-0.15, -0.1) is 0 Å². The lowest BCUT2D eigenvalue weighted by molar-refractivity contribution is -0.142. The summed E-state index contributed by atoms with van der Waals surface area (Å²) in [5, 5.41) is 2.98. The van der Waals surface area contributed by atoms with Gasteiger partial charge in [-0.1, -0.05) is 63.6 Å². The molecule has 33 heavy (non-hydrogen) atoms. The van der Waals surface area contributed by atoms with E-state index in [1.165, 1.54) is 5.56 Å². The van der Waals surface area contributed by atoms with Crippen LogP contribution in [0.25, 0.3) is 0 Å². The summed E-state index contributed by atoms with van der Waals surface area (Å²) in [7, 11) is 0. The molecule has 0 bridgehead atoms. The number of nitrogens with zero attached hydrogens (tertiary/aromatic N) is 1. The number of aryl methyl sites for hydroxylation is 1. The van der Waals surface area contributed by atoms with E-state index in [-0.39, 0.29) is 29.9 Å². The summed E-state index contributed by atoms with van der Waals surface area (Å²) < 4.78 is 6.67. The maximum absolute atomic E-state index is 13.3. The van der Waals surface area contributed by atoms with Crippen LogP contribution in [-0.2, 0) is 21.5 Å². The average molecular weight is 518 g/mol. The highest BCUT2D eigenvalue weighted by atomic mass is 79.9. The summed E-state index contributed by atoms with van der Waals surface area (Å²) in [4.78, 5) is 27.7. The zero-order valence-electron chi connectivity index (χ0n) is 20.9. The van der Waals surface area contributed by atoms with Crippen LogP contribution in [0.3, 0.4) is 0 Å². The van der Waals surface area contributed by atoms with E-state index in [9.17, 15) is 9.59 Å². The van der Waals surface area contributed by atoms with E-state index in [1.807, 2.05) is 63.2 Å². The van der Waals surface area contributed by atoms with Crippen LogP contribution in [0.1, 0.15) is 64.7 Å². The predicted molar refractivity (Wildman–Crippen MR) is 137 cm³/mol. The molecule has 2 rings (SSSR count). The van der Waals surface area contributed by atoms with Crippen molar-refractivity contribution in [1.29, 1.82) is 0 Å². The monoisotopic (exact) mass is 516 g/mol. The number of carbonyl (C=O) groups excluding carboxylic acids is 2. The summed E-state index contributed by atoms with van der Waals surface area (Å²) >= 11 is 3.56. The van der Waals surface area contributed by atoms with Crippen molar-refractivity contribution in [3.8, 4) is 5.75 Å². The van der Waals surface area contributed by atoms with Gasteiger partial charge in [-0.25, -0.2) is 0 Å². The molecule has 2 atom stereocenters. The molecule has 2 aromatic rings. The van der Waals surface area contributed by atoms with E-state index in [0.717, 1.165) is 22.0 Å². The quantitative estimate of drug-likeness (QED) is 0.460. The molecule has 0 aromatic heterocycles. The third-order valence-electron chi connectivity index (χ3n) is 5.75. The van der Waals surface area contributed by atoms with Gasteiger partial charge in [0.15, 0.2) is 6.61 Å². The summed E-state index contributed by atoms with van der Waals surface area (Å²) in [6.07, 6.45) is 0.825. The lowest BCUT2D eigenvalue weighted by atomic mass is 9.87. The maximum Gasteiger partial charge on any atom is 0.261 e. The first-order chi connectivity index (χ1) is 15.4. The predicted octanol–water partition coefficient (Wildman–Crippen LogP) is 5.77. The molecule has 0 fully saturated rings. The van der Waals surface area contributed by atoms with E-state index >= 15 is 0 Å².